The van der Waals surface area contributed by atoms with Crippen molar-refractivity contribution in [2.75, 3.05) is 13.6 Å². The van der Waals surface area contributed by atoms with Crippen molar-refractivity contribution >= 4 is 29.9 Å². The van der Waals surface area contributed by atoms with Crippen LogP contribution in [-0.4, -0.2) is 39.9 Å². The van der Waals surface area contributed by atoms with Gasteiger partial charge in [0.1, 0.15) is 5.82 Å². The third-order valence-corrected chi connectivity index (χ3v) is 6.15. The molecular weight excluding hydrogens is 467 g/mol. The van der Waals surface area contributed by atoms with Gasteiger partial charge in [0.15, 0.2) is 5.96 Å². The van der Waals surface area contributed by atoms with Crippen molar-refractivity contribution in [3.63, 3.8) is 0 Å². The molecular formula is C20H37IN6O. The molecule has 1 fully saturated rings. The van der Waals surface area contributed by atoms with E-state index in [-0.39, 0.29) is 29.7 Å². The minimum absolute atomic E-state index is 0. The van der Waals surface area contributed by atoms with Crippen molar-refractivity contribution < 1.29 is 0 Å². The molecule has 0 amide bonds. The fourth-order valence-corrected chi connectivity index (χ4v) is 4.35. The number of nitrogens with one attached hydrogen (secondary N) is 2. The summed E-state index contributed by atoms with van der Waals surface area (Å²) >= 11 is 0. The highest BCUT2D eigenvalue weighted by Gasteiger charge is 2.23. The highest BCUT2D eigenvalue weighted by molar-refractivity contribution is 14.0. The van der Waals surface area contributed by atoms with E-state index in [9.17, 15) is 4.79 Å². The maximum atomic E-state index is 12.3. The van der Waals surface area contributed by atoms with Crippen molar-refractivity contribution in [3.8, 4) is 0 Å². The number of halogens is 1. The van der Waals surface area contributed by atoms with Crippen LogP contribution in [0.1, 0.15) is 64.6 Å². The molecule has 0 bridgehead atoms. The quantitative estimate of drug-likeness (QED) is 0.271. The number of aromatic nitrogens is 3. The van der Waals surface area contributed by atoms with Crippen LogP contribution in [0.15, 0.2) is 9.79 Å². The normalized spacial score (nSPS) is 22.5. The fourth-order valence-electron chi connectivity index (χ4n) is 4.35. The molecule has 0 saturated heterocycles. The van der Waals surface area contributed by atoms with E-state index in [1.54, 1.807) is 4.68 Å². The van der Waals surface area contributed by atoms with Crippen LogP contribution in [0.2, 0.25) is 0 Å². The lowest BCUT2D eigenvalue weighted by Gasteiger charge is -2.32. The first-order chi connectivity index (χ1) is 13.1. The zero-order valence-corrected chi connectivity index (χ0v) is 19.9. The van der Waals surface area contributed by atoms with Crippen molar-refractivity contribution in [2.24, 2.45) is 16.8 Å². The van der Waals surface area contributed by atoms with E-state index in [4.69, 9.17) is 0 Å². The van der Waals surface area contributed by atoms with Gasteiger partial charge >= 0.3 is 5.69 Å². The smallest absolute Gasteiger partial charge is 0.345 e. The molecule has 28 heavy (non-hydrogen) atoms. The molecule has 0 spiro atoms. The Kier molecular flexibility index (Phi) is 9.30. The minimum Gasteiger partial charge on any atom is -0.356 e. The summed E-state index contributed by atoms with van der Waals surface area (Å²) in [7, 11) is 1.82. The Morgan fingerprint density at radius 3 is 2.64 bits per heavy atom. The van der Waals surface area contributed by atoms with Crippen molar-refractivity contribution in [3.05, 3.63) is 16.3 Å². The van der Waals surface area contributed by atoms with Crippen molar-refractivity contribution in [2.45, 2.75) is 84.3 Å². The Bertz CT molecular complexity index is 687. The predicted octanol–water partition coefficient (Wildman–Crippen LogP) is 2.77. The molecule has 0 atom stereocenters. The summed E-state index contributed by atoms with van der Waals surface area (Å²) in [4.78, 5) is 16.7. The van der Waals surface area contributed by atoms with Crippen LogP contribution >= 0.6 is 24.0 Å². The first-order valence-corrected chi connectivity index (χ1v) is 10.7. The highest BCUT2D eigenvalue weighted by Crippen LogP contribution is 2.29. The average molecular weight is 504 g/mol. The predicted molar refractivity (Wildman–Crippen MR) is 125 cm³/mol. The SMILES string of the molecule is CN=C(NCCCn1nc2n(c1=O)CCCC2)NC1CCC(C(C)C)CC1.I. The lowest BCUT2D eigenvalue weighted by Crippen LogP contribution is -2.45. The molecule has 2 heterocycles. The van der Waals surface area contributed by atoms with Gasteiger partial charge in [-0.1, -0.05) is 13.8 Å². The third-order valence-electron chi connectivity index (χ3n) is 6.15. The van der Waals surface area contributed by atoms with Gasteiger partial charge in [0.25, 0.3) is 0 Å². The maximum absolute atomic E-state index is 12.3. The van der Waals surface area contributed by atoms with Crippen LogP contribution < -0.4 is 16.3 Å². The van der Waals surface area contributed by atoms with Gasteiger partial charge in [0, 0.05) is 39.1 Å². The van der Waals surface area contributed by atoms with Gasteiger partial charge in [-0.05, 0) is 56.8 Å². The van der Waals surface area contributed by atoms with Crippen molar-refractivity contribution in [1.29, 1.82) is 0 Å². The molecule has 1 aliphatic heterocycles. The second kappa shape index (κ2) is 11.2. The molecule has 0 aromatic carbocycles. The number of rotatable bonds is 6. The summed E-state index contributed by atoms with van der Waals surface area (Å²) in [6.07, 6.45) is 9.06. The summed E-state index contributed by atoms with van der Waals surface area (Å²) in [5, 5.41) is 11.5. The summed E-state index contributed by atoms with van der Waals surface area (Å²) in [5.41, 5.74) is 0.0501. The summed E-state index contributed by atoms with van der Waals surface area (Å²) in [6, 6.07) is 0.522. The number of fused-ring (bicyclic) bond motifs is 1. The monoisotopic (exact) mass is 504 g/mol. The summed E-state index contributed by atoms with van der Waals surface area (Å²) in [6.45, 7) is 6.93. The number of nitrogens with zero attached hydrogens (tertiary/aromatic N) is 4. The first-order valence-electron chi connectivity index (χ1n) is 10.7. The Balaban J connectivity index is 0.00000280. The van der Waals surface area contributed by atoms with Crippen LogP contribution in [0.4, 0.5) is 0 Å². The lowest BCUT2D eigenvalue weighted by molar-refractivity contribution is 0.250. The van der Waals surface area contributed by atoms with E-state index < -0.39 is 0 Å². The van der Waals surface area contributed by atoms with Crippen LogP contribution in [0.5, 0.6) is 0 Å². The molecule has 1 aromatic rings. The molecule has 1 saturated carbocycles. The Labute approximate surface area is 185 Å². The molecule has 2 aliphatic rings. The molecule has 8 heteroatoms. The number of hydrogen-bond acceptors (Lipinski definition) is 3. The van der Waals surface area contributed by atoms with Gasteiger partial charge < -0.3 is 10.6 Å². The van der Waals surface area contributed by atoms with Crippen LogP contribution in [0.3, 0.4) is 0 Å². The lowest BCUT2D eigenvalue weighted by atomic mass is 9.80. The Morgan fingerprint density at radius 2 is 2.00 bits per heavy atom. The first kappa shape index (κ1) is 23.2. The number of aliphatic imine (C=N–C) groups is 1. The molecule has 0 unspecified atom stereocenters. The third kappa shape index (κ3) is 5.97. The van der Waals surface area contributed by atoms with E-state index >= 15 is 0 Å². The largest absolute Gasteiger partial charge is 0.356 e. The number of aryl methyl sites for hydroxylation is 2. The van der Waals surface area contributed by atoms with Gasteiger partial charge in [-0.3, -0.25) is 9.56 Å². The molecule has 1 aliphatic carbocycles. The number of hydrogen-bond donors (Lipinski definition) is 2. The van der Waals surface area contributed by atoms with Gasteiger partial charge in [0.2, 0.25) is 0 Å². The van der Waals surface area contributed by atoms with Crippen LogP contribution in [0.25, 0.3) is 0 Å². The molecule has 160 valence electrons. The van der Waals surface area contributed by atoms with E-state index in [1.165, 1.54) is 25.7 Å². The molecule has 3 rings (SSSR count). The molecule has 0 radical (unpaired) electrons. The molecule has 7 nitrogen and oxygen atoms in total. The van der Waals surface area contributed by atoms with Gasteiger partial charge in [-0.2, -0.15) is 5.10 Å². The highest BCUT2D eigenvalue weighted by atomic mass is 127. The second-order valence-corrected chi connectivity index (χ2v) is 8.38. The molecule has 1 aromatic heterocycles. The van der Waals surface area contributed by atoms with Crippen LogP contribution in [-0.2, 0) is 19.5 Å². The zero-order chi connectivity index (χ0) is 19.2. The van der Waals surface area contributed by atoms with E-state index in [2.05, 4.69) is 34.6 Å². The van der Waals surface area contributed by atoms with Gasteiger partial charge in [0.05, 0.1) is 0 Å². The average Bonchev–Trinajstić information content (AvgIpc) is 3.00. The standard InChI is InChI=1S/C20H36N6O.HI/c1-15(2)16-8-10-17(11-9-16)23-19(21-3)22-12-6-14-26-20(27)25-13-5-4-7-18(25)24-26;/h15-17H,4-14H2,1-3H3,(H2,21,22,23);1H. The maximum Gasteiger partial charge on any atom is 0.345 e. The number of guanidine groups is 1. The van der Waals surface area contributed by atoms with Crippen molar-refractivity contribution in [1.82, 2.24) is 25.0 Å². The zero-order valence-electron chi connectivity index (χ0n) is 17.6. The Morgan fingerprint density at radius 1 is 1.25 bits per heavy atom. The van der Waals surface area contributed by atoms with Crippen LogP contribution in [0, 0.1) is 11.8 Å². The van der Waals surface area contributed by atoms with E-state index in [0.717, 1.165) is 62.4 Å². The minimum atomic E-state index is 0. The second-order valence-electron chi connectivity index (χ2n) is 8.38. The van der Waals surface area contributed by atoms with E-state index in [1.807, 2.05) is 11.6 Å². The Hall–Kier alpha value is -1.06. The fraction of sp³-hybridized carbons (Fsp3) is 0.850. The molecule has 2 N–H and O–H groups in total. The topological polar surface area (TPSA) is 76.2 Å². The van der Waals surface area contributed by atoms with E-state index in [0.29, 0.717) is 12.6 Å². The van der Waals surface area contributed by atoms with Gasteiger partial charge in [-0.15, -0.1) is 24.0 Å². The summed E-state index contributed by atoms with van der Waals surface area (Å²) < 4.78 is 3.47. The van der Waals surface area contributed by atoms with Gasteiger partial charge in [-0.25, -0.2) is 9.48 Å². The summed E-state index contributed by atoms with van der Waals surface area (Å²) in [5.74, 6) is 3.49.